The zero-order chi connectivity index (χ0) is 24.3. The smallest absolute Gasteiger partial charge is 0.0454 e. The minimum Gasteiger partial charge on any atom is -0.361 e. The van der Waals surface area contributed by atoms with E-state index in [4.69, 9.17) is 0 Å². The standard InChI is InChI=1S/C17H14.C8H6BrN.C8H8/c1-2-5-14(6-3-1)9-10-15-11-12-16-7-4-8-17(16)13-15;9-7-1-2-8-6(5-7)3-4-10-8;1-2-8-6-4-3-5-7-8/h1-6,8-13H,7H2;1-5,10H;2-7H,1H2/b10-9+;;. The van der Waals surface area contributed by atoms with Crippen LogP contribution in [0.1, 0.15) is 27.8 Å². The Bertz CT molecular complexity index is 1430. The van der Waals surface area contributed by atoms with E-state index in [9.17, 15) is 0 Å². The van der Waals surface area contributed by atoms with E-state index >= 15 is 0 Å². The van der Waals surface area contributed by atoms with Crippen LogP contribution in [0.25, 0.3) is 35.2 Å². The Morgan fingerprint density at radius 3 is 2.14 bits per heavy atom. The van der Waals surface area contributed by atoms with Gasteiger partial charge in [0, 0.05) is 21.6 Å². The van der Waals surface area contributed by atoms with Crippen molar-refractivity contribution in [3.05, 3.63) is 154 Å². The Kier molecular flexibility index (Phi) is 8.69. The summed E-state index contributed by atoms with van der Waals surface area (Å²) >= 11 is 3.40. The minimum atomic E-state index is 1.08. The highest BCUT2D eigenvalue weighted by Crippen LogP contribution is 2.21. The molecule has 4 aromatic carbocycles. The maximum atomic E-state index is 3.63. The van der Waals surface area contributed by atoms with Gasteiger partial charge in [0.2, 0.25) is 0 Å². The first-order valence-electron chi connectivity index (χ1n) is 11.6. The second-order valence-corrected chi connectivity index (χ2v) is 9.05. The van der Waals surface area contributed by atoms with Crippen LogP contribution >= 0.6 is 15.9 Å². The largest absolute Gasteiger partial charge is 0.361 e. The lowest BCUT2D eigenvalue weighted by molar-refractivity contribution is 1.31. The molecule has 0 unspecified atom stereocenters. The molecule has 0 aliphatic heterocycles. The van der Waals surface area contributed by atoms with Crippen molar-refractivity contribution in [1.29, 1.82) is 0 Å². The molecule has 0 atom stereocenters. The maximum Gasteiger partial charge on any atom is 0.0454 e. The molecule has 1 N–H and O–H groups in total. The van der Waals surface area contributed by atoms with Crippen molar-refractivity contribution < 1.29 is 0 Å². The second kappa shape index (κ2) is 12.5. The van der Waals surface area contributed by atoms with Crippen molar-refractivity contribution in [3.8, 4) is 0 Å². The van der Waals surface area contributed by atoms with Gasteiger partial charge < -0.3 is 4.98 Å². The average Bonchev–Trinajstić information content (AvgIpc) is 3.58. The number of aromatic nitrogens is 1. The number of hydrogen-bond acceptors (Lipinski definition) is 0. The zero-order valence-corrected chi connectivity index (χ0v) is 21.2. The predicted octanol–water partition coefficient (Wildman–Crippen LogP) is 9.69. The van der Waals surface area contributed by atoms with Gasteiger partial charge in [-0.1, -0.05) is 126 Å². The Labute approximate surface area is 216 Å². The highest BCUT2D eigenvalue weighted by molar-refractivity contribution is 9.10. The Morgan fingerprint density at radius 1 is 0.714 bits per heavy atom. The number of halogens is 1. The number of allylic oxidation sites excluding steroid dienone is 1. The molecule has 5 aromatic rings. The van der Waals surface area contributed by atoms with Crippen molar-refractivity contribution in [2.45, 2.75) is 6.42 Å². The molecule has 0 saturated heterocycles. The van der Waals surface area contributed by atoms with Gasteiger partial charge in [0.1, 0.15) is 0 Å². The topological polar surface area (TPSA) is 15.8 Å². The third-order valence-electron chi connectivity index (χ3n) is 5.62. The molecular formula is C33H28BrN. The molecule has 0 bridgehead atoms. The average molecular weight is 518 g/mol. The van der Waals surface area contributed by atoms with Crippen LogP contribution in [-0.2, 0) is 6.42 Å². The fourth-order valence-electron chi connectivity index (χ4n) is 3.74. The maximum absolute atomic E-state index is 3.63. The molecule has 0 saturated carbocycles. The van der Waals surface area contributed by atoms with E-state index < -0.39 is 0 Å². The van der Waals surface area contributed by atoms with Crippen LogP contribution in [-0.4, -0.2) is 4.98 Å². The fourth-order valence-corrected chi connectivity index (χ4v) is 4.12. The van der Waals surface area contributed by atoms with Gasteiger partial charge in [0.05, 0.1) is 0 Å². The quantitative estimate of drug-likeness (QED) is 0.229. The minimum absolute atomic E-state index is 1.08. The van der Waals surface area contributed by atoms with E-state index in [1.54, 1.807) is 0 Å². The zero-order valence-electron chi connectivity index (χ0n) is 19.6. The summed E-state index contributed by atoms with van der Waals surface area (Å²) in [7, 11) is 0. The molecule has 0 amide bonds. The van der Waals surface area contributed by atoms with Crippen molar-refractivity contribution in [2.75, 3.05) is 0 Å². The summed E-state index contributed by atoms with van der Waals surface area (Å²) in [5, 5.41) is 1.24. The second-order valence-electron chi connectivity index (χ2n) is 8.13. The highest BCUT2D eigenvalue weighted by atomic mass is 79.9. The van der Waals surface area contributed by atoms with Crippen molar-refractivity contribution in [2.24, 2.45) is 0 Å². The lowest BCUT2D eigenvalue weighted by Crippen LogP contribution is -1.82. The molecule has 1 nitrogen and oxygen atoms in total. The van der Waals surface area contributed by atoms with E-state index in [1.165, 1.54) is 38.7 Å². The Morgan fingerprint density at radius 2 is 1.43 bits per heavy atom. The van der Waals surface area contributed by atoms with Gasteiger partial charge in [-0.15, -0.1) is 0 Å². The number of benzene rings is 4. The monoisotopic (exact) mass is 517 g/mol. The Hall–Kier alpha value is -3.88. The summed E-state index contributed by atoms with van der Waals surface area (Å²) in [4.78, 5) is 3.13. The third kappa shape index (κ3) is 7.30. The first kappa shape index (κ1) is 24.3. The van der Waals surface area contributed by atoms with E-state index in [0.717, 1.165) is 10.9 Å². The van der Waals surface area contributed by atoms with Gasteiger partial charge in [-0.25, -0.2) is 0 Å². The fraction of sp³-hybridized carbons (Fsp3) is 0.0303. The number of fused-ring (bicyclic) bond motifs is 2. The molecule has 35 heavy (non-hydrogen) atoms. The normalized spacial score (nSPS) is 11.3. The molecule has 1 aromatic heterocycles. The predicted molar refractivity (Wildman–Crippen MR) is 157 cm³/mol. The molecule has 172 valence electrons. The molecule has 0 radical (unpaired) electrons. The lowest BCUT2D eigenvalue weighted by Gasteiger charge is -2.00. The van der Waals surface area contributed by atoms with Crippen LogP contribution in [0.5, 0.6) is 0 Å². The number of nitrogens with one attached hydrogen (secondary N) is 1. The summed E-state index contributed by atoms with van der Waals surface area (Å²) in [6.45, 7) is 3.63. The van der Waals surface area contributed by atoms with Crippen LogP contribution in [0.3, 0.4) is 0 Å². The summed E-state index contributed by atoms with van der Waals surface area (Å²) < 4.78 is 1.12. The summed E-state index contributed by atoms with van der Waals surface area (Å²) in [6.07, 6.45) is 13.6. The van der Waals surface area contributed by atoms with Crippen molar-refractivity contribution in [1.82, 2.24) is 4.98 Å². The van der Waals surface area contributed by atoms with E-state index in [2.05, 4.69) is 112 Å². The van der Waals surface area contributed by atoms with Gasteiger partial charge in [0.15, 0.2) is 0 Å². The van der Waals surface area contributed by atoms with Gasteiger partial charge in [-0.2, -0.15) is 0 Å². The number of H-pyrrole nitrogens is 1. The molecule has 0 spiro atoms. The van der Waals surface area contributed by atoms with E-state index in [1.807, 2.05) is 54.7 Å². The Balaban J connectivity index is 0.000000136. The highest BCUT2D eigenvalue weighted by Gasteiger charge is 2.03. The van der Waals surface area contributed by atoms with Gasteiger partial charge >= 0.3 is 0 Å². The van der Waals surface area contributed by atoms with Crippen LogP contribution < -0.4 is 0 Å². The molecule has 1 aliphatic carbocycles. The summed E-state index contributed by atoms with van der Waals surface area (Å²) in [6, 6.07) is 35.3. The van der Waals surface area contributed by atoms with Gasteiger partial charge in [-0.05, 0) is 64.6 Å². The van der Waals surface area contributed by atoms with E-state index in [0.29, 0.717) is 0 Å². The molecule has 6 rings (SSSR count). The number of hydrogen-bond donors (Lipinski definition) is 1. The van der Waals surface area contributed by atoms with Crippen molar-refractivity contribution in [3.63, 3.8) is 0 Å². The molecule has 2 heteroatoms. The molecule has 0 fully saturated rings. The van der Waals surface area contributed by atoms with Crippen LogP contribution in [0.4, 0.5) is 0 Å². The van der Waals surface area contributed by atoms with Gasteiger partial charge in [0.25, 0.3) is 0 Å². The SMILES string of the molecule is Brc1ccc2[nH]ccc2c1.C1=Cc2cc(/C=C/c3ccccc3)ccc2C1.C=Cc1ccccc1. The van der Waals surface area contributed by atoms with Crippen LogP contribution in [0.15, 0.2) is 126 Å². The lowest BCUT2D eigenvalue weighted by atomic mass is 10.1. The third-order valence-corrected chi connectivity index (χ3v) is 6.12. The van der Waals surface area contributed by atoms with Gasteiger partial charge in [-0.3, -0.25) is 0 Å². The first-order valence-corrected chi connectivity index (χ1v) is 12.4. The molecular weight excluding hydrogens is 490 g/mol. The molecule has 1 aliphatic rings. The van der Waals surface area contributed by atoms with Crippen LogP contribution in [0, 0.1) is 0 Å². The van der Waals surface area contributed by atoms with Crippen molar-refractivity contribution >= 4 is 51.1 Å². The summed E-state index contributed by atoms with van der Waals surface area (Å²) in [5.74, 6) is 0. The number of rotatable bonds is 3. The van der Waals surface area contributed by atoms with Crippen LogP contribution in [0.2, 0.25) is 0 Å². The van der Waals surface area contributed by atoms with E-state index in [-0.39, 0.29) is 0 Å². The molecule has 1 heterocycles. The number of aromatic amines is 1. The first-order chi connectivity index (χ1) is 17.2. The summed E-state index contributed by atoms with van der Waals surface area (Å²) in [5.41, 5.74) is 7.65.